The van der Waals surface area contributed by atoms with Gasteiger partial charge in [-0.2, -0.15) is 5.26 Å². The second-order valence-electron chi connectivity index (χ2n) is 7.28. The predicted octanol–water partition coefficient (Wildman–Crippen LogP) is 4.03. The van der Waals surface area contributed by atoms with Crippen molar-refractivity contribution in [1.29, 1.82) is 5.26 Å². The monoisotopic (exact) mass is 409 g/mol. The number of hydrogen-bond donors (Lipinski definition) is 2. The van der Waals surface area contributed by atoms with Crippen LogP contribution >= 0.6 is 11.6 Å². The number of fused-ring (bicyclic) bond motifs is 3. The van der Waals surface area contributed by atoms with E-state index in [2.05, 4.69) is 35.5 Å². The lowest BCUT2D eigenvalue weighted by Crippen LogP contribution is -2.25. The van der Waals surface area contributed by atoms with Crippen molar-refractivity contribution in [2.24, 2.45) is 13.0 Å². The fourth-order valence-electron chi connectivity index (χ4n) is 3.41. The van der Waals surface area contributed by atoms with Crippen LogP contribution < -0.4 is 20.9 Å². The minimum Gasteiger partial charge on any atom is -0.486 e. The molecule has 2 aromatic heterocycles. The quantitative estimate of drug-likeness (QED) is 0.621. The molecular weight excluding hydrogens is 390 g/mol. The van der Waals surface area contributed by atoms with Crippen LogP contribution in [0.5, 0.6) is 5.75 Å². The molecule has 0 spiro atoms. The summed E-state index contributed by atoms with van der Waals surface area (Å²) >= 11 is 6.03. The molecular formula is C21H20ClN5O2. The third kappa shape index (κ3) is 3.26. The molecule has 8 heteroatoms. The lowest BCUT2D eigenvalue weighted by Gasteiger charge is -2.19. The molecule has 0 saturated carbocycles. The number of pyridine rings is 2. The molecule has 0 radical (unpaired) electrons. The highest BCUT2D eigenvalue weighted by molar-refractivity contribution is 6.31. The number of aromatic nitrogens is 2. The third-order valence-electron chi connectivity index (χ3n) is 5.36. The van der Waals surface area contributed by atoms with E-state index in [4.69, 9.17) is 16.3 Å². The first-order valence-corrected chi connectivity index (χ1v) is 9.66. The highest BCUT2D eigenvalue weighted by Gasteiger charge is 2.25. The molecule has 148 valence electrons. The molecule has 3 heterocycles. The van der Waals surface area contributed by atoms with E-state index in [1.807, 2.05) is 18.2 Å². The first kappa shape index (κ1) is 19.1. The van der Waals surface area contributed by atoms with Gasteiger partial charge >= 0.3 is 0 Å². The number of hydrogen-bond acceptors (Lipinski definition) is 6. The van der Waals surface area contributed by atoms with Gasteiger partial charge in [0.2, 0.25) is 5.75 Å². The maximum atomic E-state index is 12.8. The topological polar surface area (TPSA) is 92.0 Å². The summed E-state index contributed by atoms with van der Waals surface area (Å²) in [7, 11) is 1.73. The van der Waals surface area contributed by atoms with Crippen LogP contribution in [0.2, 0.25) is 5.15 Å². The van der Waals surface area contributed by atoms with Crippen LogP contribution in [0.1, 0.15) is 19.4 Å². The largest absolute Gasteiger partial charge is 0.486 e. The normalized spacial score (nSPS) is 18.2. The fourth-order valence-corrected chi connectivity index (χ4v) is 3.61. The molecule has 0 aliphatic carbocycles. The number of nitriles is 1. The van der Waals surface area contributed by atoms with Crippen LogP contribution in [0.3, 0.4) is 0 Å². The second kappa shape index (κ2) is 7.30. The average Bonchev–Trinajstić information content (AvgIpc) is 2.85. The van der Waals surface area contributed by atoms with Crippen molar-refractivity contribution >= 4 is 39.6 Å². The maximum absolute atomic E-state index is 12.8. The fraction of sp³-hybridized carbons (Fsp3) is 0.286. The second-order valence-corrected chi connectivity index (χ2v) is 7.64. The first-order chi connectivity index (χ1) is 13.9. The SMILES string of the molecule is CC1COc2c(c3cc(Nc4ccnc(Cl)c4C#N)ccc3n(C)c2=O)NC1C. The van der Waals surface area contributed by atoms with Crippen LogP contribution in [0.15, 0.2) is 35.3 Å². The molecule has 2 N–H and O–H groups in total. The van der Waals surface area contributed by atoms with E-state index in [0.29, 0.717) is 23.7 Å². The van der Waals surface area contributed by atoms with Crippen molar-refractivity contribution < 1.29 is 4.74 Å². The van der Waals surface area contributed by atoms with Gasteiger partial charge in [0.15, 0.2) is 0 Å². The number of aryl methyl sites for hydroxylation is 1. The zero-order valence-electron chi connectivity index (χ0n) is 16.3. The number of benzene rings is 1. The van der Waals surface area contributed by atoms with Gasteiger partial charge in [-0.3, -0.25) is 4.79 Å². The molecule has 2 unspecified atom stereocenters. The van der Waals surface area contributed by atoms with Crippen molar-refractivity contribution in [3.63, 3.8) is 0 Å². The van der Waals surface area contributed by atoms with Crippen molar-refractivity contribution in [2.75, 3.05) is 17.2 Å². The zero-order valence-corrected chi connectivity index (χ0v) is 17.0. The summed E-state index contributed by atoms with van der Waals surface area (Å²) in [4.78, 5) is 16.8. The predicted molar refractivity (Wildman–Crippen MR) is 114 cm³/mol. The van der Waals surface area contributed by atoms with Gasteiger partial charge in [0.1, 0.15) is 16.8 Å². The standard InChI is InChI=1S/C21H20ClN5O2/c1-11-10-29-19-18(25-12(11)2)14-8-13(4-5-17(14)27(3)21(19)28)26-16-6-7-24-20(22)15(16)9-23/h4-8,11-12,25H,10H2,1-3H3,(H,24,26). The molecule has 29 heavy (non-hydrogen) atoms. The molecule has 3 aromatic rings. The molecule has 2 atom stereocenters. The molecule has 0 amide bonds. The minimum absolute atomic E-state index is 0.146. The van der Waals surface area contributed by atoms with Crippen LogP contribution in [-0.2, 0) is 7.05 Å². The van der Waals surface area contributed by atoms with Crippen molar-refractivity contribution in [1.82, 2.24) is 9.55 Å². The van der Waals surface area contributed by atoms with Crippen LogP contribution in [-0.4, -0.2) is 22.2 Å². The highest BCUT2D eigenvalue weighted by atomic mass is 35.5. The van der Waals surface area contributed by atoms with Gasteiger partial charge < -0.3 is 19.9 Å². The van der Waals surface area contributed by atoms with E-state index in [0.717, 1.165) is 16.6 Å². The Morgan fingerprint density at radius 3 is 2.93 bits per heavy atom. The van der Waals surface area contributed by atoms with Gasteiger partial charge in [-0.1, -0.05) is 18.5 Å². The van der Waals surface area contributed by atoms with Gasteiger partial charge in [0.05, 0.1) is 23.5 Å². The number of anilines is 3. The maximum Gasteiger partial charge on any atom is 0.295 e. The Morgan fingerprint density at radius 1 is 1.38 bits per heavy atom. The van der Waals surface area contributed by atoms with Crippen molar-refractivity contribution in [3.05, 3.63) is 51.5 Å². The molecule has 1 aromatic carbocycles. The Balaban J connectivity index is 1.88. The summed E-state index contributed by atoms with van der Waals surface area (Å²) < 4.78 is 7.46. The molecule has 0 fully saturated rings. The van der Waals surface area contributed by atoms with Crippen molar-refractivity contribution in [2.45, 2.75) is 19.9 Å². The number of nitrogens with one attached hydrogen (secondary N) is 2. The highest BCUT2D eigenvalue weighted by Crippen LogP contribution is 2.36. The van der Waals surface area contributed by atoms with Gasteiger partial charge in [0.25, 0.3) is 5.56 Å². The van der Waals surface area contributed by atoms with Gasteiger partial charge in [0, 0.05) is 36.3 Å². The van der Waals surface area contributed by atoms with Crippen LogP contribution in [0.25, 0.3) is 10.9 Å². The Morgan fingerprint density at radius 2 is 2.17 bits per heavy atom. The smallest absolute Gasteiger partial charge is 0.295 e. The van der Waals surface area contributed by atoms with Gasteiger partial charge in [-0.05, 0) is 31.2 Å². The van der Waals surface area contributed by atoms with E-state index in [1.54, 1.807) is 23.9 Å². The summed E-state index contributed by atoms with van der Waals surface area (Å²) in [6.07, 6.45) is 1.54. The molecule has 0 bridgehead atoms. The molecule has 0 saturated heterocycles. The number of rotatable bonds is 2. The van der Waals surface area contributed by atoms with Gasteiger partial charge in [-0.25, -0.2) is 4.98 Å². The summed E-state index contributed by atoms with van der Waals surface area (Å²) in [5, 5.41) is 17.1. The van der Waals surface area contributed by atoms with Crippen LogP contribution in [0.4, 0.5) is 17.1 Å². The summed E-state index contributed by atoms with van der Waals surface area (Å²) in [5.74, 6) is 0.582. The number of ether oxygens (including phenoxy) is 1. The van der Waals surface area contributed by atoms with Gasteiger partial charge in [-0.15, -0.1) is 0 Å². The van der Waals surface area contributed by atoms with E-state index in [9.17, 15) is 10.1 Å². The zero-order chi connectivity index (χ0) is 20.7. The Labute approximate surface area is 172 Å². The first-order valence-electron chi connectivity index (χ1n) is 9.28. The molecule has 4 rings (SSSR count). The van der Waals surface area contributed by atoms with Crippen LogP contribution in [0, 0.1) is 17.2 Å². The van der Waals surface area contributed by atoms with E-state index in [1.165, 1.54) is 0 Å². The summed E-state index contributed by atoms with van der Waals surface area (Å²) in [6.45, 7) is 4.63. The minimum atomic E-state index is -0.172. The Kier molecular flexibility index (Phi) is 4.81. The lowest BCUT2D eigenvalue weighted by molar-refractivity contribution is 0.255. The van der Waals surface area contributed by atoms with Crippen molar-refractivity contribution in [3.8, 4) is 11.8 Å². The molecule has 1 aliphatic rings. The summed E-state index contributed by atoms with van der Waals surface area (Å²) in [5.41, 5.74) is 2.90. The molecule has 1 aliphatic heterocycles. The Bertz CT molecular complexity index is 1210. The molecule has 7 nitrogen and oxygen atoms in total. The average molecular weight is 410 g/mol. The van der Waals surface area contributed by atoms with E-state index < -0.39 is 0 Å². The summed E-state index contributed by atoms with van der Waals surface area (Å²) in [6, 6.07) is 9.57. The Hall–Kier alpha value is -3.24. The number of nitrogens with zero attached hydrogens (tertiary/aromatic N) is 3. The van der Waals surface area contributed by atoms with E-state index >= 15 is 0 Å². The number of halogens is 1. The van der Waals surface area contributed by atoms with E-state index in [-0.39, 0.29) is 28.2 Å². The lowest BCUT2D eigenvalue weighted by atomic mass is 10.0. The third-order valence-corrected chi connectivity index (χ3v) is 5.65.